The van der Waals surface area contributed by atoms with E-state index in [9.17, 15) is 13.5 Å². The number of sulfonamides is 1. The van der Waals surface area contributed by atoms with Gasteiger partial charge in [0.15, 0.2) is 0 Å². The van der Waals surface area contributed by atoms with E-state index in [-0.39, 0.29) is 30.3 Å². The topological polar surface area (TPSA) is 79.3 Å². The number of hydrogen-bond acceptors (Lipinski definition) is 6. The molecular weight excluding hydrogens is 368 g/mol. The molecule has 0 bridgehead atoms. The highest BCUT2D eigenvalue weighted by Gasteiger charge is 2.44. The number of phenols is 1. The number of hydrogen-bond donors (Lipinski definition) is 1. The van der Waals surface area contributed by atoms with E-state index in [2.05, 4.69) is 0 Å². The van der Waals surface area contributed by atoms with Gasteiger partial charge in [-0.1, -0.05) is 12.1 Å². The van der Waals surface area contributed by atoms with E-state index < -0.39 is 15.6 Å². The smallest absolute Gasteiger partial charge is 0.243 e. The quantitative estimate of drug-likeness (QED) is 0.841. The molecule has 0 aliphatic carbocycles. The van der Waals surface area contributed by atoms with Crippen LogP contribution in [-0.4, -0.2) is 63.3 Å². The predicted octanol–water partition coefficient (Wildman–Crippen LogP) is 1.68. The first-order chi connectivity index (χ1) is 12.9. The Kier molecular flexibility index (Phi) is 4.49. The van der Waals surface area contributed by atoms with Crippen LogP contribution in [0.3, 0.4) is 0 Å². The Morgan fingerprint density at radius 1 is 1.07 bits per heavy atom. The fourth-order valence-electron chi connectivity index (χ4n) is 3.63. The second kappa shape index (κ2) is 6.70. The molecule has 0 aromatic heterocycles. The summed E-state index contributed by atoms with van der Waals surface area (Å²) in [6.45, 7) is 1.57. The van der Waals surface area contributed by atoms with Crippen molar-refractivity contribution in [3.05, 3.63) is 48.5 Å². The van der Waals surface area contributed by atoms with Crippen molar-refractivity contribution >= 4 is 15.7 Å². The number of ether oxygens (including phenoxy) is 2. The third-order valence-electron chi connectivity index (χ3n) is 4.98. The van der Waals surface area contributed by atoms with E-state index in [1.54, 1.807) is 0 Å². The molecule has 144 valence electrons. The molecule has 1 saturated heterocycles. The third kappa shape index (κ3) is 3.36. The standard InChI is InChI=1S/C19H22N2O5S/c1-20-12-19(14-25-18-5-3-2-4-17(18)20)13-21(10-11-26-19)27(23,24)16-8-6-15(22)7-9-16/h2-9,22H,10-14H2,1H3. The molecule has 2 aliphatic heterocycles. The van der Waals surface area contributed by atoms with E-state index >= 15 is 0 Å². The molecular formula is C19H22N2O5S. The number of para-hydroxylation sites is 2. The lowest BCUT2D eigenvalue weighted by molar-refractivity contribution is -0.102. The van der Waals surface area contributed by atoms with Gasteiger partial charge in [0.25, 0.3) is 0 Å². The van der Waals surface area contributed by atoms with Gasteiger partial charge in [-0.15, -0.1) is 0 Å². The van der Waals surface area contributed by atoms with Gasteiger partial charge in [0.05, 0.1) is 23.7 Å². The SMILES string of the molecule is CN1CC2(COc3ccccc31)CN(S(=O)(=O)c1ccc(O)cc1)CCO2. The van der Waals surface area contributed by atoms with Gasteiger partial charge in [0.1, 0.15) is 23.7 Å². The van der Waals surface area contributed by atoms with Gasteiger partial charge in [-0.25, -0.2) is 8.42 Å². The highest BCUT2D eigenvalue weighted by molar-refractivity contribution is 7.89. The minimum Gasteiger partial charge on any atom is -0.508 e. The van der Waals surface area contributed by atoms with Crippen LogP contribution in [0.1, 0.15) is 0 Å². The summed E-state index contributed by atoms with van der Waals surface area (Å²) in [4.78, 5) is 2.20. The van der Waals surface area contributed by atoms with Crippen LogP contribution in [0.5, 0.6) is 11.5 Å². The van der Waals surface area contributed by atoms with Gasteiger partial charge < -0.3 is 19.5 Å². The lowest BCUT2D eigenvalue weighted by Gasteiger charge is -2.42. The molecule has 7 nitrogen and oxygen atoms in total. The molecule has 2 heterocycles. The molecule has 1 fully saturated rings. The van der Waals surface area contributed by atoms with Gasteiger partial charge in [-0.2, -0.15) is 4.31 Å². The van der Waals surface area contributed by atoms with Crippen molar-refractivity contribution in [1.82, 2.24) is 4.31 Å². The zero-order valence-electron chi connectivity index (χ0n) is 15.0. The zero-order valence-corrected chi connectivity index (χ0v) is 15.9. The maximum absolute atomic E-state index is 13.0. The average Bonchev–Trinajstić information content (AvgIpc) is 2.79. The summed E-state index contributed by atoms with van der Waals surface area (Å²) in [7, 11) is -1.73. The van der Waals surface area contributed by atoms with E-state index in [0.29, 0.717) is 13.2 Å². The van der Waals surface area contributed by atoms with Crippen molar-refractivity contribution in [2.75, 3.05) is 44.8 Å². The molecule has 0 radical (unpaired) electrons. The third-order valence-corrected chi connectivity index (χ3v) is 6.84. The Morgan fingerprint density at radius 2 is 1.81 bits per heavy atom. The maximum Gasteiger partial charge on any atom is 0.243 e. The van der Waals surface area contributed by atoms with Crippen molar-refractivity contribution < 1.29 is 23.0 Å². The van der Waals surface area contributed by atoms with Gasteiger partial charge in [-0.05, 0) is 36.4 Å². The molecule has 8 heteroatoms. The van der Waals surface area contributed by atoms with Crippen molar-refractivity contribution in [3.63, 3.8) is 0 Å². The number of anilines is 1. The van der Waals surface area contributed by atoms with Crippen LogP contribution in [0.25, 0.3) is 0 Å². The van der Waals surface area contributed by atoms with Gasteiger partial charge in [0, 0.05) is 20.1 Å². The number of rotatable bonds is 2. The van der Waals surface area contributed by atoms with Crippen LogP contribution in [0.15, 0.2) is 53.4 Å². The summed E-state index contributed by atoms with van der Waals surface area (Å²) in [6.07, 6.45) is 0. The number of likely N-dealkylation sites (N-methyl/N-ethyl adjacent to an activating group) is 1. The molecule has 0 saturated carbocycles. The maximum atomic E-state index is 13.0. The Balaban J connectivity index is 1.60. The Labute approximate surface area is 158 Å². The normalized spacial score (nSPS) is 23.5. The highest BCUT2D eigenvalue weighted by atomic mass is 32.2. The van der Waals surface area contributed by atoms with Crippen molar-refractivity contribution in [2.24, 2.45) is 0 Å². The molecule has 2 aromatic rings. The lowest BCUT2D eigenvalue weighted by Crippen LogP contribution is -2.60. The van der Waals surface area contributed by atoms with Crippen LogP contribution in [0.2, 0.25) is 0 Å². The average molecular weight is 390 g/mol. The number of morpholine rings is 1. The molecule has 0 amide bonds. The Bertz CT molecular complexity index is 931. The number of fused-ring (bicyclic) bond motifs is 1. The minimum atomic E-state index is -3.68. The predicted molar refractivity (Wildman–Crippen MR) is 101 cm³/mol. The summed E-state index contributed by atoms with van der Waals surface area (Å²) >= 11 is 0. The second-order valence-electron chi connectivity index (χ2n) is 6.98. The number of nitrogens with zero attached hydrogens (tertiary/aromatic N) is 2. The Hall–Kier alpha value is -2.29. The van der Waals surface area contributed by atoms with Crippen LogP contribution < -0.4 is 9.64 Å². The molecule has 1 N–H and O–H groups in total. The molecule has 4 rings (SSSR count). The van der Waals surface area contributed by atoms with E-state index in [1.165, 1.54) is 28.6 Å². The van der Waals surface area contributed by atoms with Crippen LogP contribution in [0.4, 0.5) is 5.69 Å². The van der Waals surface area contributed by atoms with Crippen molar-refractivity contribution in [3.8, 4) is 11.5 Å². The summed E-state index contributed by atoms with van der Waals surface area (Å²) in [5.41, 5.74) is 0.201. The van der Waals surface area contributed by atoms with E-state index in [4.69, 9.17) is 9.47 Å². The highest BCUT2D eigenvalue weighted by Crippen LogP contribution is 2.35. The van der Waals surface area contributed by atoms with Crippen LogP contribution in [-0.2, 0) is 14.8 Å². The fraction of sp³-hybridized carbons (Fsp3) is 0.368. The molecule has 1 unspecified atom stereocenters. The van der Waals surface area contributed by atoms with Gasteiger partial charge >= 0.3 is 0 Å². The number of benzene rings is 2. The Morgan fingerprint density at radius 3 is 2.59 bits per heavy atom. The van der Waals surface area contributed by atoms with Crippen LogP contribution in [0, 0.1) is 0 Å². The number of phenolic OH excluding ortho intramolecular Hbond substituents is 1. The molecule has 27 heavy (non-hydrogen) atoms. The van der Waals surface area contributed by atoms with E-state index in [0.717, 1.165) is 11.4 Å². The lowest BCUT2D eigenvalue weighted by atomic mass is 10.0. The summed E-state index contributed by atoms with van der Waals surface area (Å²) in [5.74, 6) is 0.794. The monoisotopic (exact) mass is 390 g/mol. The minimum absolute atomic E-state index is 0.0314. The summed E-state index contributed by atoms with van der Waals surface area (Å²) < 4.78 is 39.6. The molecule has 2 aliphatic rings. The molecule has 1 atom stereocenters. The van der Waals surface area contributed by atoms with Gasteiger partial charge in [-0.3, -0.25) is 0 Å². The first-order valence-corrected chi connectivity index (χ1v) is 10.2. The summed E-state index contributed by atoms with van der Waals surface area (Å²) in [5, 5.41) is 9.43. The zero-order chi connectivity index (χ0) is 19.1. The molecule has 1 spiro atoms. The largest absolute Gasteiger partial charge is 0.508 e. The van der Waals surface area contributed by atoms with Gasteiger partial charge in [0.2, 0.25) is 10.0 Å². The number of aromatic hydroxyl groups is 1. The first-order valence-electron chi connectivity index (χ1n) is 8.76. The van der Waals surface area contributed by atoms with Crippen molar-refractivity contribution in [1.29, 1.82) is 0 Å². The molecule has 2 aromatic carbocycles. The second-order valence-corrected chi connectivity index (χ2v) is 8.91. The first kappa shape index (κ1) is 18.1. The fourth-order valence-corrected chi connectivity index (χ4v) is 5.13. The van der Waals surface area contributed by atoms with Crippen LogP contribution >= 0.6 is 0 Å². The van der Waals surface area contributed by atoms with Crippen molar-refractivity contribution in [2.45, 2.75) is 10.5 Å². The summed E-state index contributed by atoms with van der Waals surface area (Å²) in [6, 6.07) is 13.3. The van der Waals surface area contributed by atoms with E-state index in [1.807, 2.05) is 36.2 Å².